The molecule has 6 heteroatoms. The lowest BCUT2D eigenvalue weighted by molar-refractivity contribution is -0.133. The molecule has 0 aliphatic carbocycles. The summed E-state index contributed by atoms with van der Waals surface area (Å²) in [6.45, 7) is 5.83. The molecule has 1 amide bonds. The molecular weight excluding hydrogens is 334 g/mol. The second-order valence-electron chi connectivity index (χ2n) is 5.45. The highest BCUT2D eigenvalue weighted by Gasteiger charge is 2.22. The standard InChI is InChI=1S/C15H22BrN3O2/c1-2-17-9-12-5-7-18(8-6-12)15(21)11-19-10-13(16)3-4-14(19)20/h3-4,10,12,17H,2,5-9,11H2,1H3. The van der Waals surface area contributed by atoms with E-state index in [0.29, 0.717) is 5.92 Å². The lowest BCUT2D eigenvalue weighted by Crippen LogP contribution is -2.43. The summed E-state index contributed by atoms with van der Waals surface area (Å²) < 4.78 is 2.26. The number of piperidine rings is 1. The van der Waals surface area contributed by atoms with E-state index in [0.717, 1.165) is 43.5 Å². The van der Waals surface area contributed by atoms with Crippen LogP contribution in [0.2, 0.25) is 0 Å². The number of hydrogen-bond acceptors (Lipinski definition) is 3. The maximum absolute atomic E-state index is 12.3. The first-order chi connectivity index (χ1) is 10.1. The van der Waals surface area contributed by atoms with Crippen molar-refractivity contribution in [1.82, 2.24) is 14.8 Å². The number of pyridine rings is 1. The lowest BCUT2D eigenvalue weighted by Gasteiger charge is -2.32. The van der Waals surface area contributed by atoms with Crippen molar-refractivity contribution in [2.45, 2.75) is 26.3 Å². The third-order valence-electron chi connectivity index (χ3n) is 3.90. The Morgan fingerprint density at radius 1 is 1.38 bits per heavy atom. The highest BCUT2D eigenvalue weighted by atomic mass is 79.9. The molecule has 1 aliphatic heterocycles. The van der Waals surface area contributed by atoms with Gasteiger partial charge in [-0.2, -0.15) is 0 Å². The van der Waals surface area contributed by atoms with E-state index in [1.54, 1.807) is 12.3 Å². The van der Waals surface area contributed by atoms with Crippen LogP contribution in [0.4, 0.5) is 0 Å². The number of likely N-dealkylation sites (tertiary alicyclic amines) is 1. The van der Waals surface area contributed by atoms with Gasteiger partial charge in [-0.1, -0.05) is 6.92 Å². The van der Waals surface area contributed by atoms with Crippen LogP contribution >= 0.6 is 15.9 Å². The molecule has 1 fully saturated rings. The van der Waals surface area contributed by atoms with Crippen molar-refractivity contribution in [2.75, 3.05) is 26.2 Å². The van der Waals surface area contributed by atoms with Gasteiger partial charge in [0, 0.05) is 29.8 Å². The minimum absolute atomic E-state index is 0.0251. The highest BCUT2D eigenvalue weighted by Crippen LogP contribution is 2.16. The zero-order chi connectivity index (χ0) is 15.2. The van der Waals surface area contributed by atoms with Gasteiger partial charge in [-0.05, 0) is 53.8 Å². The normalized spacial score (nSPS) is 16.2. The molecule has 21 heavy (non-hydrogen) atoms. The molecule has 2 heterocycles. The van der Waals surface area contributed by atoms with Gasteiger partial charge in [0.05, 0.1) is 0 Å². The molecule has 116 valence electrons. The van der Waals surface area contributed by atoms with E-state index >= 15 is 0 Å². The average molecular weight is 356 g/mol. The van der Waals surface area contributed by atoms with Crippen LogP contribution in [0.25, 0.3) is 0 Å². The van der Waals surface area contributed by atoms with Crippen molar-refractivity contribution in [3.63, 3.8) is 0 Å². The first kappa shape index (κ1) is 16.2. The van der Waals surface area contributed by atoms with Crippen LogP contribution in [-0.4, -0.2) is 41.6 Å². The van der Waals surface area contributed by atoms with E-state index in [2.05, 4.69) is 28.2 Å². The number of amides is 1. The summed E-state index contributed by atoms with van der Waals surface area (Å²) in [6.07, 6.45) is 3.73. The summed E-state index contributed by atoms with van der Waals surface area (Å²) in [5.41, 5.74) is -0.145. The van der Waals surface area contributed by atoms with Crippen LogP contribution in [0.5, 0.6) is 0 Å². The van der Waals surface area contributed by atoms with Gasteiger partial charge >= 0.3 is 0 Å². The van der Waals surface area contributed by atoms with Gasteiger partial charge in [0.2, 0.25) is 5.91 Å². The molecule has 0 radical (unpaired) electrons. The Hall–Kier alpha value is -1.14. The number of hydrogen-bond donors (Lipinski definition) is 1. The van der Waals surface area contributed by atoms with E-state index in [4.69, 9.17) is 0 Å². The smallest absolute Gasteiger partial charge is 0.251 e. The van der Waals surface area contributed by atoms with Crippen molar-refractivity contribution in [3.05, 3.63) is 33.2 Å². The number of carbonyl (C=O) groups excluding carboxylic acids is 1. The fourth-order valence-corrected chi connectivity index (χ4v) is 2.99. The maximum Gasteiger partial charge on any atom is 0.251 e. The summed E-state index contributed by atoms with van der Waals surface area (Å²) in [5.74, 6) is 0.680. The fourth-order valence-electron chi connectivity index (χ4n) is 2.61. The minimum atomic E-state index is -0.145. The lowest BCUT2D eigenvalue weighted by atomic mass is 9.97. The summed E-state index contributed by atoms with van der Waals surface area (Å²) in [6, 6.07) is 3.16. The number of carbonyl (C=O) groups is 1. The van der Waals surface area contributed by atoms with Crippen molar-refractivity contribution in [2.24, 2.45) is 5.92 Å². The SMILES string of the molecule is CCNCC1CCN(C(=O)Cn2cc(Br)ccc2=O)CC1. The van der Waals surface area contributed by atoms with E-state index in [1.165, 1.54) is 10.6 Å². The van der Waals surface area contributed by atoms with Crippen molar-refractivity contribution >= 4 is 21.8 Å². The van der Waals surface area contributed by atoms with Gasteiger partial charge in [-0.25, -0.2) is 0 Å². The Morgan fingerprint density at radius 2 is 2.10 bits per heavy atom. The zero-order valence-corrected chi connectivity index (χ0v) is 13.9. The first-order valence-electron chi connectivity index (χ1n) is 7.44. The molecule has 0 aromatic carbocycles. The molecule has 1 aromatic rings. The number of nitrogens with one attached hydrogen (secondary N) is 1. The molecule has 0 bridgehead atoms. The molecule has 1 saturated heterocycles. The average Bonchev–Trinajstić information content (AvgIpc) is 2.49. The Kier molecular flexibility index (Phi) is 5.99. The quantitative estimate of drug-likeness (QED) is 0.869. The molecule has 2 rings (SSSR count). The molecule has 0 saturated carbocycles. The second kappa shape index (κ2) is 7.75. The van der Waals surface area contributed by atoms with E-state index in [9.17, 15) is 9.59 Å². The number of halogens is 1. The molecule has 1 aromatic heterocycles. The predicted molar refractivity (Wildman–Crippen MR) is 86.2 cm³/mol. The van der Waals surface area contributed by atoms with Gasteiger partial charge in [-0.15, -0.1) is 0 Å². The highest BCUT2D eigenvalue weighted by molar-refractivity contribution is 9.10. The van der Waals surface area contributed by atoms with E-state index < -0.39 is 0 Å². The third kappa shape index (κ3) is 4.68. The van der Waals surface area contributed by atoms with Crippen LogP contribution in [-0.2, 0) is 11.3 Å². The van der Waals surface area contributed by atoms with Gasteiger partial charge in [0.25, 0.3) is 5.56 Å². The fraction of sp³-hybridized carbons (Fsp3) is 0.600. The monoisotopic (exact) mass is 355 g/mol. The summed E-state index contributed by atoms with van der Waals surface area (Å²) in [4.78, 5) is 25.9. The second-order valence-corrected chi connectivity index (χ2v) is 6.36. The van der Waals surface area contributed by atoms with Crippen LogP contribution in [0, 0.1) is 5.92 Å². The minimum Gasteiger partial charge on any atom is -0.341 e. The van der Waals surface area contributed by atoms with E-state index in [-0.39, 0.29) is 18.0 Å². The topological polar surface area (TPSA) is 54.3 Å². The molecule has 5 nitrogen and oxygen atoms in total. The largest absolute Gasteiger partial charge is 0.341 e. The Morgan fingerprint density at radius 3 is 2.76 bits per heavy atom. The molecule has 0 spiro atoms. The zero-order valence-electron chi connectivity index (χ0n) is 12.3. The maximum atomic E-state index is 12.3. The van der Waals surface area contributed by atoms with Crippen molar-refractivity contribution in [1.29, 1.82) is 0 Å². The number of aromatic nitrogens is 1. The third-order valence-corrected chi connectivity index (χ3v) is 4.37. The van der Waals surface area contributed by atoms with Crippen molar-refractivity contribution < 1.29 is 4.79 Å². The molecule has 0 atom stereocenters. The first-order valence-corrected chi connectivity index (χ1v) is 8.24. The van der Waals surface area contributed by atoms with Crippen LogP contribution in [0.1, 0.15) is 19.8 Å². The van der Waals surface area contributed by atoms with Crippen LogP contribution < -0.4 is 10.9 Å². The van der Waals surface area contributed by atoms with Crippen LogP contribution in [0.15, 0.2) is 27.6 Å². The molecule has 0 unspecified atom stereocenters. The molecular formula is C15H22BrN3O2. The Balaban J connectivity index is 1.87. The van der Waals surface area contributed by atoms with Gasteiger partial charge in [0.1, 0.15) is 6.54 Å². The van der Waals surface area contributed by atoms with Gasteiger partial charge in [-0.3, -0.25) is 9.59 Å². The van der Waals surface area contributed by atoms with E-state index in [1.807, 2.05) is 4.90 Å². The Labute approximate surface area is 133 Å². The number of nitrogens with zero attached hydrogens (tertiary/aromatic N) is 2. The molecule has 1 aliphatic rings. The summed E-state index contributed by atoms with van der Waals surface area (Å²) in [5, 5.41) is 3.36. The van der Waals surface area contributed by atoms with Gasteiger partial charge < -0.3 is 14.8 Å². The molecule has 1 N–H and O–H groups in total. The summed E-state index contributed by atoms with van der Waals surface area (Å²) >= 11 is 3.32. The number of rotatable bonds is 5. The Bertz CT molecular complexity index is 536. The predicted octanol–water partition coefficient (Wildman–Crippen LogP) is 1.46. The van der Waals surface area contributed by atoms with Crippen molar-refractivity contribution in [3.8, 4) is 0 Å². The van der Waals surface area contributed by atoms with Gasteiger partial charge in [0.15, 0.2) is 0 Å². The summed E-state index contributed by atoms with van der Waals surface area (Å²) in [7, 11) is 0. The van der Waals surface area contributed by atoms with Crippen LogP contribution in [0.3, 0.4) is 0 Å².